The summed E-state index contributed by atoms with van der Waals surface area (Å²) in [5.41, 5.74) is 0. The topological polar surface area (TPSA) is 0 Å². The van der Waals surface area contributed by atoms with Crippen LogP contribution in [0, 0.1) is 29.6 Å². The molecule has 5 unspecified atom stereocenters. The van der Waals surface area contributed by atoms with E-state index in [9.17, 15) is 0 Å². The van der Waals surface area contributed by atoms with Gasteiger partial charge in [-0.2, -0.15) is 0 Å². The Morgan fingerprint density at radius 2 is 1.53 bits per heavy atom. The lowest BCUT2D eigenvalue weighted by molar-refractivity contribution is 0.0101. The molecule has 0 amide bonds. The van der Waals surface area contributed by atoms with E-state index in [-0.39, 0.29) is 0 Å². The Labute approximate surface area is 120 Å². The fourth-order valence-electron chi connectivity index (χ4n) is 5.81. The first-order valence-corrected chi connectivity index (χ1v) is 9.38. The molecule has 3 fully saturated rings. The lowest BCUT2D eigenvalue weighted by Gasteiger charge is -2.49. The maximum Gasteiger partial charge on any atom is -0.0355 e. The summed E-state index contributed by atoms with van der Waals surface area (Å²) in [5, 5.41) is 0. The third-order valence-corrected chi connectivity index (χ3v) is 6.79. The van der Waals surface area contributed by atoms with Gasteiger partial charge in [-0.1, -0.05) is 58.3 Å². The first kappa shape index (κ1) is 14.0. The van der Waals surface area contributed by atoms with Gasteiger partial charge in [-0.25, -0.2) is 0 Å². The summed E-state index contributed by atoms with van der Waals surface area (Å²) in [5.74, 6) is 5.70. The monoisotopic (exact) mass is 262 g/mol. The van der Waals surface area contributed by atoms with Gasteiger partial charge in [-0.15, -0.1) is 0 Å². The molecule has 3 aliphatic carbocycles. The van der Waals surface area contributed by atoms with Crippen LogP contribution in [0.25, 0.3) is 0 Å². The Morgan fingerprint density at radius 1 is 0.737 bits per heavy atom. The molecule has 3 aliphatic rings. The second kappa shape index (κ2) is 6.64. The molecule has 0 aliphatic heterocycles. The Hall–Kier alpha value is 0. The third-order valence-electron chi connectivity index (χ3n) is 6.79. The molecule has 0 aromatic carbocycles. The highest BCUT2D eigenvalue weighted by molar-refractivity contribution is 4.92. The maximum atomic E-state index is 2.33. The molecule has 0 aromatic heterocycles. The van der Waals surface area contributed by atoms with Gasteiger partial charge in [0.15, 0.2) is 0 Å². The van der Waals surface area contributed by atoms with E-state index in [1.807, 2.05) is 0 Å². The summed E-state index contributed by atoms with van der Waals surface area (Å²) in [6.07, 6.45) is 20.1. The Kier molecular flexibility index (Phi) is 4.87. The zero-order chi connectivity index (χ0) is 13.1. The summed E-state index contributed by atoms with van der Waals surface area (Å²) in [7, 11) is 0. The molecule has 0 N–H and O–H groups in total. The fraction of sp³-hybridized carbons (Fsp3) is 1.00. The van der Waals surface area contributed by atoms with Gasteiger partial charge >= 0.3 is 0 Å². The summed E-state index contributed by atoms with van der Waals surface area (Å²) >= 11 is 0. The van der Waals surface area contributed by atoms with E-state index in [0.717, 1.165) is 29.6 Å². The van der Waals surface area contributed by atoms with Crippen molar-refractivity contribution < 1.29 is 0 Å². The van der Waals surface area contributed by atoms with E-state index in [1.165, 1.54) is 25.7 Å². The molecule has 0 saturated heterocycles. The van der Waals surface area contributed by atoms with Crippen molar-refractivity contribution in [3.8, 4) is 0 Å². The molecule has 5 atom stereocenters. The van der Waals surface area contributed by atoms with Crippen molar-refractivity contribution in [1.82, 2.24) is 0 Å². The lowest BCUT2D eigenvalue weighted by atomic mass is 9.56. The molecular formula is C19H34. The van der Waals surface area contributed by atoms with E-state index in [1.54, 1.807) is 57.8 Å². The quantitative estimate of drug-likeness (QED) is 0.529. The summed E-state index contributed by atoms with van der Waals surface area (Å²) in [6, 6.07) is 0. The molecule has 0 heterocycles. The minimum atomic E-state index is 1.10. The predicted molar refractivity (Wildman–Crippen MR) is 83.1 cm³/mol. The molecule has 0 radical (unpaired) electrons. The van der Waals surface area contributed by atoms with Crippen LogP contribution in [-0.4, -0.2) is 0 Å². The molecule has 3 rings (SSSR count). The zero-order valence-corrected chi connectivity index (χ0v) is 13.1. The molecule has 19 heavy (non-hydrogen) atoms. The average Bonchev–Trinajstić information content (AvgIpc) is 2.47. The van der Waals surface area contributed by atoms with Gasteiger partial charge in [-0.05, 0) is 61.7 Å². The predicted octanol–water partition coefficient (Wildman–Crippen LogP) is 6.20. The number of rotatable bonds is 4. The smallest absolute Gasteiger partial charge is 0.0355 e. The summed E-state index contributed by atoms with van der Waals surface area (Å²) in [6.45, 7) is 2.33. The van der Waals surface area contributed by atoms with Gasteiger partial charge in [0.25, 0.3) is 0 Å². The van der Waals surface area contributed by atoms with Crippen molar-refractivity contribution in [2.24, 2.45) is 29.6 Å². The van der Waals surface area contributed by atoms with Crippen LogP contribution in [0.1, 0.15) is 90.4 Å². The average molecular weight is 262 g/mol. The van der Waals surface area contributed by atoms with Crippen molar-refractivity contribution in [2.45, 2.75) is 90.4 Å². The van der Waals surface area contributed by atoms with E-state index < -0.39 is 0 Å². The van der Waals surface area contributed by atoms with Crippen molar-refractivity contribution in [3.63, 3.8) is 0 Å². The first-order valence-electron chi connectivity index (χ1n) is 9.38. The molecule has 110 valence electrons. The molecule has 0 heteroatoms. The minimum absolute atomic E-state index is 1.10. The molecule has 0 aromatic rings. The molecular weight excluding hydrogens is 228 g/mol. The van der Waals surface area contributed by atoms with Crippen LogP contribution in [0.2, 0.25) is 0 Å². The molecule has 0 bridgehead atoms. The van der Waals surface area contributed by atoms with Crippen molar-refractivity contribution in [3.05, 3.63) is 0 Å². The van der Waals surface area contributed by atoms with Gasteiger partial charge < -0.3 is 0 Å². The lowest BCUT2D eigenvalue weighted by Crippen LogP contribution is -2.40. The second-order valence-electron chi connectivity index (χ2n) is 7.88. The van der Waals surface area contributed by atoms with Crippen molar-refractivity contribution in [2.75, 3.05) is 0 Å². The van der Waals surface area contributed by atoms with Crippen LogP contribution in [0.15, 0.2) is 0 Å². The van der Waals surface area contributed by atoms with Crippen LogP contribution >= 0.6 is 0 Å². The number of hydrogen-bond donors (Lipinski definition) is 0. The van der Waals surface area contributed by atoms with Crippen LogP contribution in [0.3, 0.4) is 0 Å². The van der Waals surface area contributed by atoms with Gasteiger partial charge in [0.2, 0.25) is 0 Å². The Bertz CT molecular complexity index is 269. The van der Waals surface area contributed by atoms with Crippen LogP contribution in [0.4, 0.5) is 0 Å². The van der Waals surface area contributed by atoms with Crippen LogP contribution in [0.5, 0.6) is 0 Å². The van der Waals surface area contributed by atoms with E-state index in [0.29, 0.717) is 0 Å². The highest BCUT2D eigenvalue weighted by atomic mass is 14.5. The van der Waals surface area contributed by atoms with E-state index in [2.05, 4.69) is 6.92 Å². The van der Waals surface area contributed by atoms with Crippen molar-refractivity contribution >= 4 is 0 Å². The summed E-state index contributed by atoms with van der Waals surface area (Å²) in [4.78, 5) is 0. The minimum Gasteiger partial charge on any atom is -0.0654 e. The zero-order valence-electron chi connectivity index (χ0n) is 13.1. The van der Waals surface area contributed by atoms with E-state index in [4.69, 9.17) is 0 Å². The van der Waals surface area contributed by atoms with Crippen LogP contribution in [-0.2, 0) is 0 Å². The number of fused-ring (bicyclic) bond motifs is 3. The number of unbranched alkanes of at least 4 members (excludes halogenated alkanes) is 2. The SMILES string of the molecule is CCCCCC1CCC2C(CCC3CCCCC32)C1. The van der Waals surface area contributed by atoms with E-state index >= 15 is 0 Å². The van der Waals surface area contributed by atoms with Gasteiger partial charge in [0, 0.05) is 0 Å². The molecule has 0 spiro atoms. The van der Waals surface area contributed by atoms with Gasteiger partial charge in [0.05, 0.1) is 0 Å². The summed E-state index contributed by atoms with van der Waals surface area (Å²) < 4.78 is 0. The normalized spacial score (nSPS) is 42.5. The van der Waals surface area contributed by atoms with Gasteiger partial charge in [-0.3, -0.25) is 0 Å². The number of hydrogen-bond acceptors (Lipinski definition) is 0. The largest absolute Gasteiger partial charge is 0.0654 e. The Balaban J connectivity index is 1.52. The maximum absolute atomic E-state index is 2.33. The standard InChI is InChI=1S/C19H34/c1-2-3-4-7-15-10-13-19-17(14-15)12-11-16-8-5-6-9-18(16)19/h15-19H,2-14H2,1H3. The molecule has 0 nitrogen and oxygen atoms in total. The van der Waals surface area contributed by atoms with Gasteiger partial charge in [0.1, 0.15) is 0 Å². The van der Waals surface area contributed by atoms with Crippen molar-refractivity contribution in [1.29, 1.82) is 0 Å². The highest BCUT2D eigenvalue weighted by Gasteiger charge is 2.42. The van der Waals surface area contributed by atoms with Crippen LogP contribution < -0.4 is 0 Å². The first-order chi connectivity index (χ1) is 9.38. The second-order valence-corrected chi connectivity index (χ2v) is 7.88. The Morgan fingerprint density at radius 3 is 2.42 bits per heavy atom. The molecule has 3 saturated carbocycles. The fourth-order valence-corrected chi connectivity index (χ4v) is 5.81. The highest BCUT2D eigenvalue weighted by Crippen LogP contribution is 2.52. The third kappa shape index (κ3) is 3.19.